The Balaban J connectivity index is 1.76. The molecule has 126 valence electrons. The van der Waals surface area contributed by atoms with Crippen LogP contribution in [0.15, 0.2) is 42.5 Å². The second kappa shape index (κ2) is 5.90. The molecule has 3 nitrogen and oxygen atoms in total. The minimum absolute atomic E-state index is 0.221. The average molecular weight is 328 g/mol. The Hall–Kier alpha value is -1.85. The van der Waals surface area contributed by atoms with Gasteiger partial charge >= 0.3 is 7.12 Å². The van der Waals surface area contributed by atoms with Crippen LogP contribution in [0.4, 0.5) is 4.39 Å². The van der Waals surface area contributed by atoms with Crippen molar-refractivity contribution in [2.75, 3.05) is 0 Å². The fourth-order valence-corrected chi connectivity index (χ4v) is 2.50. The summed E-state index contributed by atoms with van der Waals surface area (Å²) in [6, 6.07) is 12.4. The van der Waals surface area contributed by atoms with E-state index in [-0.39, 0.29) is 22.8 Å². The van der Waals surface area contributed by atoms with Gasteiger partial charge in [-0.3, -0.25) is 0 Å². The third-order valence-corrected chi connectivity index (χ3v) is 4.79. The van der Waals surface area contributed by atoms with Gasteiger partial charge in [-0.15, -0.1) is 0 Å². The van der Waals surface area contributed by atoms with Crippen molar-refractivity contribution >= 4 is 12.6 Å². The van der Waals surface area contributed by atoms with Gasteiger partial charge in [-0.25, -0.2) is 4.39 Å². The minimum atomic E-state index is -0.417. The van der Waals surface area contributed by atoms with Gasteiger partial charge in [0.1, 0.15) is 5.75 Å². The number of ether oxygens (including phenoxy) is 1. The van der Waals surface area contributed by atoms with Gasteiger partial charge in [0.15, 0.2) is 11.6 Å². The predicted octanol–water partition coefficient (Wildman–Crippen LogP) is 4.23. The molecule has 0 aromatic heterocycles. The van der Waals surface area contributed by atoms with Gasteiger partial charge in [0.2, 0.25) is 0 Å². The standard InChI is InChI=1S/C19H22BFO3/c1-13-7-6-8-16(17(13)21)22-15-11-9-14(10-12-15)20-23-18(2,3)19(4,5)24-20/h6-12H,1-5H3. The maximum Gasteiger partial charge on any atom is 0.494 e. The molecule has 0 amide bonds. The first-order valence-corrected chi connectivity index (χ1v) is 8.08. The molecular weight excluding hydrogens is 306 g/mol. The lowest BCUT2D eigenvalue weighted by atomic mass is 9.79. The SMILES string of the molecule is Cc1cccc(Oc2ccc(B3OC(C)(C)C(C)(C)O3)cc2)c1F. The number of hydrogen-bond donors (Lipinski definition) is 0. The molecule has 0 aliphatic carbocycles. The highest BCUT2D eigenvalue weighted by atomic mass is 19.1. The topological polar surface area (TPSA) is 27.7 Å². The summed E-state index contributed by atoms with van der Waals surface area (Å²) in [5.74, 6) is 0.450. The third-order valence-electron chi connectivity index (χ3n) is 4.79. The lowest BCUT2D eigenvalue weighted by Gasteiger charge is -2.32. The maximum atomic E-state index is 14.0. The quantitative estimate of drug-likeness (QED) is 0.790. The van der Waals surface area contributed by atoms with Crippen molar-refractivity contribution in [3.63, 3.8) is 0 Å². The van der Waals surface area contributed by atoms with E-state index in [4.69, 9.17) is 14.0 Å². The van der Waals surface area contributed by atoms with E-state index in [9.17, 15) is 4.39 Å². The van der Waals surface area contributed by atoms with Crippen LogP contribution in [0.5, 0.6) is 11.5 Å². The van der Waals surface area contributed by atoms with Crippen LogP contribution in [0, 0.1) is 12.7 Å². The van der Waals surface area contributed by atoms with Crippen molar-refractivity contribution in [1.82, 2.24) is 0 Å². The Kier molecular flexibility index (Phi) is 4.18. The van der Waals surface area contributed by atoms with Gasteiger partial charge in [0.05, 0.1) is 11.2 Å². The molecule has 1 heterocycles. The van der Waals surface area contributed by atoms with Crippen molar-refractivity contribution < 1.29 is 18.4 Å². The molecule has 1 fully saturated rings. The Morgan fingerprint density at radius 2 is 1.50 bits per heavy atom. The molecular formula is C19H22BFO3. The third kappa shape index (κ3) is 3.06. The number of benzene rings is 2. The normalized spacial score (nSPS) is 18.7. The van der Waals surface area contributed by atoms with Gasteiger partial charge in [-0.2, -0.15) is 0 Å². The molecule has 5 heteroatoms. The van der Waals surface area contributed by atoms with E-state index >= 15 is 0 Å². The molecule has 0 radical (unpaired) electrons. The van der Waals surface area contributed by atoms with Crippen LogP contribution in [0.3, 0.4) is 0 Å². The minimum Gasteiger partial charge on any atom is -0.454 e. The molecule has 0 atom stereocenters. The first-order valence-electron chi connectivity index (χ1n) is 8.08. The largest absolute Gasteiger partial charge is 0.494 e. The molecule has 1 aliphatic heterocycles. The predicted molar refractivity (Wildman–Crippen MR) is 93.4 cm³/mol. The highest BCUT2D eigenvalue weighted by Crippen LogP contribution is 2.36. The fraction of sp³-hybridized carbons (Fsp3) is 0.368. The Morgan fingerprint density at radius 3 is 2.08 bits per heavy atom. The van der Waals surface area contributed by atoms with Crippen LogP contribution in [-0.2, 0) is 9.31 Å². The van der Waals surface area contributed by atoms with Crippen molar-refractivity contribution in [3.05, 3.63) is 53.8 Å². The zero-order valence-corrected chi connectivity index (χ0v) is 14.7. The summed E-state index contributed by atoms with van der Waals surface area (Å²) in [6.07, 6.45) is 0. The summed E-state index contributed by atoms with van der Waals surface area (Å²) in [7, 11) is -0.417. The smallest absolute Gasteiger partial charge is 0.454 e. The first-order chi connectivity index (χ1) is 11.2. The van der Waals surface area contributed by atoms with Gasteiger partial charge in [0.25, 0.3) is 0 Å². The van der Waals surface area contributed by atoms with Crippen LogP contribution in [-0.4, -0.2) is 18.3 Å². The molecule has 0 saturated carbocycles. The molecule has 3 rings (SSSR count). The zero-order valence-electron chi connectivity index (χ0n) is 14.7. The summed E-state index contributed by atoms with van der Waals surface area (Å²) in [5.41, 5.74) is 0.710. The van der Waals surface area contributed by atoms with Crippen molar-refractivity contribution in [2.24, 2.45) is 0 Å². The van der Waals surface area contributed by atoms with Gasteiger partial charge in [-0.05, 0) is 63.8 Å². The molecule has 1 aliphatic rings. The van der Waals surface area contributed by atoms with Crippen LogP contribution in [0.25, 0.3) is 0 Å². The fourth-order valence-electron chi connectivity index (χ4n) is 2.50. The summed E-state index contributed by atoms with van der Waals surface area (Å²) in [5, 5.41) is 0. The van der Waals surface area contributed by atoms with Crippen LogP contribution in [0.2, 0.25) is 0 Å². The number of halogens is 1. The molecule has 0 spiro atoms. The van der Waals surface area contributed by atoms with Crippen LogP contribution >= 0.6 is 0 Å². The number of aryl methyl sites for hydroxylation is 1. The van der Waals surface area contributed by atoms with Crippen molar-refractivity contribution in [1.29, 1.82) is 0 Å². The summed E-state index contributed by atoms with van der Waals surface area (Å²) >= 11 is 0. The Morgan fingerprint density at radius 1 is 0.917 bits per heavy atom. The van der Waals surface area contributed by atoms with E-state index in [0.29, 0.717) is 11.3 Å². The average Bonchev–Trinajstić information content (AvgIpc) is 2.73. The van der Waals surface area contributed by atoms with E-state index in [1.807, 2.05) is 39.8 Å². The van der Waals surface area contributed by atoms with Gasteiger partial charge < -0.3 is 14.0 Å². The van der Waals surface area contributed by atoms with E-state index in [1.54, 1.807) is 37.3 Å². The van der Waals surface area contributed by atoms with Crippen LogP contribution in [0.1, 0.15) is 33.3 Å². The summed E-state index contributed by atoms with van der Waals surface area (Å²) in [6.45, 7) is 9.79. The second-order valence-corrected chi connectivity index (χ2v) is 7.15. The van der Waals surface area contributed by atoms with E-state index in [0.717, 1.165) is 5.46 Å². The Labute approximate surface area is 142 Å². The molecule has 24 heavy (non-hydrogen) atoms. The highest BCUT2D eigenvalue weighted by molar-refractivity contribution is 6.62. The molecule has 0 N–H and O–H groups in total. The second-order valence-electron chi connectivity index (χ2n) is 7.15. The monoisotopic (exact) mass is 328 g/mol. The lowest BCUT2D eigenvalue weighted by Crippen LogP contribution is -2.41. The van der Waals surface area contributed by atoms with Crippen LogP contribution < -0.4 is 10.2 Å². The van der Waals surface area contributed by atoms with E-state index < -0.39 is 7.12 Å². The maximum absolute atomic E-state index is 14.0. The molecule has 0 bridgehead atoms. The first kappa shape index (κ1) is 17.0. The van der Waals surface area contributed by atoms with Gasteiger partial charge in [0, 0.05) is 0 Å². The summed E-state index contributed by atoms with van der Waals surface area (Å²) in [4.78, 5) is 0. The molecule has 1 saturated heterocycles. The van der Waals surface area contributed by atoms with E-state index in [1.165, 1.54) is 0 Å². The molecule has 0 unspecified atom stereocenters. The summed E-state index contributed by atoms with van der Waals surface area (Å²) < 4.78 is 31.7. The van der Waals surface area contributed by atoms with Crippen molar-refractivity contribution in [2.45, 2.75) is 45.8 Å². The van der Waals surface area contributed by atoms with Gasteiger partial charge in [-0.1, -0.05) is 24.3 Å². The number of rotatable bonds is 3. The molecule has 2 aromatic rings. The van der Waals surface area contributed by atoms with E-state index in [2.05, 4.69) is 0 Å². The number of hydrogen-bond acceptors (Lipinski definition) is 3. The van der Waals surface area contributed by atoms with Crippen molar-refractivity contribution in [3.8, 4) is 11.5 Å². The lowest BCUT2D eigenvalue weighted by molar-refractivity contribution is 0.00578. The zero-order chi connectivity index (χ0) is 17.5. The Bertz CT molecular complexity index is 725. The highest BCUT2D eigenvalue weighted by Gasteiger charge is 2.51. The molecule has 2 aromatic carbocycles.